The molecule has 1 amide bonds. The van der Waals surface area contributed by atoms with E-state index in [0.717, 1.165) is 19.6 Å². The van der Waals surface area contributed by atoms with Crippen LogP contribution in [0.25, 0.3) is 0 Å². The molecule has 0 bridgehead atoms. The molecule has 2 aliphatic rings. The number of rotatable bonds is 3. The maximum absolute atomic E-state index is 12.3. The fourth-order valence-corrected chi connectivity index (χ4v) is 2.91. The number of morpholine rings is 1. The summed E-state index contributed by atoms with van der Waals surface area (Å²) in [6.45, 7) is 5.32. The van der Waals surface area contributed by atoms with Gasteiger partial charge in [-0.1, -0.05) is 18.2 Å². The summed E-state index contributed by atoms with van der Waals surface area (Å²) in [6, 6.07) is 10.5. The zero-order chi connectivity index (χ0) is 14.5. The quantitative estimate of drug-likeness (QED) is 0.824. The van der Waals surface area contributed by atoms with E-state index in [4.69, 9.17) is 4.74 Å². The molecule has 0 aliphatic carbocycles. The third kappa shape index (κ3) is 3.74. The largest absolute Gasteiger partial charge is 0.378 e. The van der Waals surface area contributed by atoms with Crippen LogP contribution in [0.4, 0.5) is 5.69 Å². The molecule has 5 nitrogen and oxygen atoms in total. The second-order valence-corrected chi connectivity index (χ2v) is 5.54. The van der Waals surface area contributed by atoms with Crippen molar-refractivity contribution in [3.05, 3.63) is 30.3 Å². The van der Waals surface area contributed by atoms with Crippen LogP contribution in [0.3, 0.4) is 0 Å². The van der Waals surface area contributed by atoms with Gasteiger partial charge in [-0.2, -0.15) is 0 Å². The van der Waals surface area contributed by atoms with E-state index in [1.807, 2.05) is 11.0 Å². The Hall–Kier alpha value is -1.59. The van der Waals surface area contributed by atoms with E-state index in [9.17, 15) is 4.79 Å². The molecule has 2 heterocycles. The molecule has 0 spiro atoms. The lowest BCUT2D eigenvalue weighted by Gasteiger charge is -2.35. The zero-order valence-corrected chi connectivity index (χ0v) is 12.3. The molecule has 2 saturated heterocycles. The van der Waals surface area contributed by atoms with Crippen molar-refractivity contribution in [1.82, 2.24) is 10.2 Å². The molecule has 21 heavy (non-hydrogen) atoms. The Kier molecular flexibility index (Phi) is 4.72. The summed E-state index contributed by atoms with van der Waals surface area (Å²) in [4.78, 5) is 16.5. The number of carbonyl (C=O) groups is 1. The molecule has 0 N–H and O–H groups in total. The Morgan fingerprint density at radius 2 is 1.95 bits per heavy atom. The molecule has 1 atom stereocenters. The van der Waals surface area contributed by atoms with Crippen LogP contribution in [0.5, 0.6) is 0 Å². The fourth-order valence-electron chi connectivity index (χ4n) is 2.91. The number of hydrogen-bond donors (Lipinski definition) is 0. The number of anilines is 1. The first-order valence-corrected chi connectivity index (χ1v) is 7.65. The summed E-state index contributed by atoms with van der Waals surface area (Å²) in [6.07, 6.45) is 0.517. The van der Waals surface area contributed by atoms with Gasteiger partial charge in [0.2, 0.25) is 5.91 Å². The smallest absolute Gasteiger partial charge is 0.224 e. The topological polar surface area (TPSA) is 46.9 Å². The second kappa shape index (κ2) is 6.91. The number of piperazine rings is 1. The molecule has 1 aromatic carbocycles. The van der Waals surface area contributed by atoms with E-state index in [1.165, 1.54) is 5.69 Å². The molecule has 5 heteroatoms. The van der Waals surface area contributed by atoms with Crippen molar-refractivity contribution < 1.29 is 9.53 Å². The van der Waals surface area contributed by atoms with Crippen LogP contribution in [0.1, 0.15) is 6.42 Å². The Morgan fingerprint density at radius 3 is 2.71 bits per heavy atom. The Balaban J connectivity index is 1.55. The van der Waals surface area contributed by atoms with E-state index in [2.05, 4.69) is 34.5 Å². The summed E-state index contributed by atoms with van der Waals surface area (Å²) in [5, 5.41) is 4.62. The summed E-state index contributed by atoms with van der Waals surface area (Å²) in [7, 11) is 0. The lowest BCUT2D eigenvalue weighted by Crippen LogP contribution is -2.50. The number of carbonyl (C=O) groups excluding carboxylic acids is 1. The molecule has 1 radical (unpaired) electrons. The molecule has 2 aliphatic heterocycles. The number of amides is 1. The predicted molar refractivity (Wildman–Crippen MR) is 81.5 cm³/mol. The normalized spacial score (nSPS) is 23.1. The van der Waals surface area contributed by atoms with Gasteiger partial charge in [-0.05, 0) is 12.1 Å². The van der Waals surface area contributed by atoms with E-state index in [-0.39, 0.29) is 11.9 Å². The predicted octanol–water partition coefficient (Wildman–Crippen LogP) is 0.728. The molecule has 2 fully saturated rings. The number of ether oxygens (including phenoxy) is 1. The molecular weight excluding hydrogens is 266 g/mol. The van der Waals surface area contributed by atoms with Gasteiger partial charge in [0.1, 0.15) is 0 Å². The first-order chi connectivity index (χ1) is 10.3. The molecule has 0 aromatic heterocycles. The van der Waals surface area contributed by atoms with Gasteiger partial charge in [-0.15, -0.1) is 0 Å². The third-order valence-electron chi connectivity index (χ3n) is 4.08. The molecule has 0 unspecified atom stereocenters. The van der Waals surface area contributed by atoms with Crippen LogP contribution in [-0.4, -0.2) is 62.8 Å². The van der Waals surface area contributed by atoms with Gasteiger partial charge in [-0.3, -0.25) is 4.79 Å². The molecule has 0 saturated carbocycles. The standard InChI is InChI=1S/C16H22N3O2/c20-16(18-8-10-21-11-9-18)12-14-13-19(7-6-17-14)15-4-2-1-3-5-15/h1-5,14H,6-13H2/t14-/m1/s1. The van der Waals surface area contributed by atoms with Gasteiger partial charge in [0.05, 0.1) is 19.3 Å². The van der Waals surface area contributed by atoms with E-state index in [1.54, 1.807) is 0 Å². The second-order valence-electron chi connectivity index (χ2n) is 5.54. The van der Waals surface area contributed by atoms with Gasteiger partial charge in [0.15, 0.2) is 0 Å². The summed E-state index contributed by atoms with van der Waals surface area (Å²) >= 11 is 0. The Labute approximate surface area is 125 Å². The molecule has 3 rings (SSSR count). The minimum Gasteiger partial charge on any atom is -0.378 e. The number of benzene rings is 1. The highest BCUT2D eigenvalue weighted by Gasteiger charge is 2.26. The number of para-hydroxylation sites is 1. The van der Waals surface area contributed by atoms with Crippen LogP contribution < -0.4 is 10.2 Å². The SMILES string of the molecule is O=C(C[C@@H]1CN(c2ccccc2)CC[N]1)N1CCOCC1. The number of nitrogens with zero attached hydrogens (tertiary/aromatic N) is 3. The van der Waals surface area contributed by atoms with Crippen LogP contribution in [-0.2, 0) is 9.53 Å². The highest BCUT2D eigenvalue weighted by molar-refractivity contribution is 5.77. The van der Waals surface area contributed by atoms with Gasteiger partial charge < -0.3 is 14.5 Å². The molecule has 1 aromatic rings. The van der Waals surface area contributed by atoms with E-state index < -0.39 is 0 Å². The molecular formula is C16H22N3O2. The van der Waals surface area contributed by atoms with Crippen molar-refractivity contribution in [3.63, 3.8) is 0 Å². The van der Waals surface area contributed by atoms with E-state index in [0.29, 0.717) is 32.7 Å². The van der Waals surface area contributed by atoms with Crippen molar-refractivity contribution >= 4 is 11.6 Å². The van der Waals surface area contributed by atoms with Crippen LogP contribution >= 0.6 is 0 Å². The third-order valence-corrected chi connectivity index (χ3v) is 4.08. The van der Waals surface area contributed by atoms with Crippen molar-refractivity contribution in [2.45, 2.75) is 12.5 Å². The summed E-state index contributed by atoms with van der Waals surface area (Å²) in [5.41, 5.74) is 1.22. The average molecular weight is 288 g/mol. The minimum atomic E-state index is 0.106. The lowest BCUT2D eigenvalue weighted by atomic mass is 10.1. The summed E-state index contributed by atoms with van der Waals surface area (Å²) < 4.78 is 5.29. The average Bonchev–Trinajstić information content (AvgIpc) is 2.57. The highest BCUT2D eigenvalue weighted by atomic mass is 16.5. The maximum Gasteiger partial charge on any atom is 0.224 e. The summed E-state index contributed by atoms with van der Waals surface area (Å²) in [5.74, 6) is 0.210. The van der Waals surface area contributed by atoms with Crippen molar-refractivity contribution in [2.24, 2.45) is 0 Å². The van der Waals surface area contributed by atoms with Crippen molar-refractivity contribution in [2.75, 3.05) is 50.8 Å². The van der Waals surface area contributed by atoms with Gasteiger partial charge in [-0.25, -0.2) is 5.32 Å². The fraction of sp³-hybridized carbons (Fsp3) is 0.562. The van der Waals surface area contributed by atoms with E-state index >= 15 is 0 Å². The van der Waals surface area contributed by atoms with Crippen LogP contribution in [0.15, 0.2) is 30.3 Å². The van der Waals surface area contributed by atoms with Crippen LogP contribution in [0, 0.1) is 0 Å². The van der Waals surface area contributed by atoms with Crippen molar-refractivity contribution in [3.8, 4) is 0 Å². The maximum atomic E-state index is 12.3. The van der Waals surface area contributed by atoms with Crippen molar-refractivity contribution in [1.29, 1.82) is 0 Å². The number of hydrogen-bond acceptors (Lipinski definition) is 3. The van der Waals surface area contributed by atoms with Crippen LogP contribution in [0.2, 0.25) is 0 Å². The van der Waals surface area contributed by atoms with Gasteiger partial charge in [0, 0.05) is 44.8 Å². The first-order valence-electron chi connectivity index (χ1n) is 7.65. The van der Waals surface area contributed by atoms with Gasteiger partial charge in [0.25, 0.3) is 0 Å². The molecule has 113 valence electrons. The monoisotopic (exact) mass is 288 g/mol. The lowest BCUT2D eigenvalue weighted by molar-refractivity contribution is -0.135. The first kappa shape index (κ1) is 14.4. The zero-order valence-electron chi connectivity index (χ0n) is 12.3. The van der Waals surface area contributed by atoms with Gasteiger partial charge >= 0.3 is 0 Å². The Bertz CT molecular complexity index is 460. The Morgan fingerprint density at radius 1 is 1.19 bits per heavy atom. The highest BCUT2D eigenvalue weighted by Crippen LogP contribution is 2.17. The minimum absolute atomic E-state index is 0.106.